The van der Waals surface area contributed by atoms with Crippen LogP contribution in [0.2, 0.25) is 0 Å². The number of aryl methyl sites for hydroxylation is 1. The van der Waals surface area contributed by atoms with E-state index < -0.39 is 0 Å². The van der Waals surface area contributed by atoms with Crippen LogP contribution in [0.5, 0.6) is 0 Å². The molecule has 19 heavy (non-hydrogen) atoms. The first-order valence-electron chi connectivity index (χ1n) is 7.50. The average Bonchev–Trinajstić information content (AvgIpc) is 2.46. The zero-order valence-electron chi connectivity index (χ0n) is 11.6. The predicted octanol–water partition coefficient (Wildman–Crippen LogP) is 2.91. The smallest absolute Gasteiger partial charge is 0.253 e. The van der Waals surface area contributed by atoms with Crippen molar-refractivity contribution >= 4 is 5.91 Å². The Balaban J connectivity index is 1.76. The van der Waals surface area contributed by atoms with Gasteiger partial charge < -0.3 is 4.90 Å². The highest BCUT2D eigenvalue weighted by molar-refractivity contribution is 5.94. The molecule has 3 rings (SSSR count). The lowest BCUT2D eigenvalue weighted by Gasteiger charge is -2.41. The number of rotatable bonds is 2. The van der Waals surface area contributed by atoms with E-state index in [1.165, 1.54) is 25.7 Å². The number of carbonyl (C=O) groups is 1. The van der Waals surface area contributed by atoms with Crippen molar-refractivity contribution in [2.75, 3.05) is 13.1 Å². The zero-order valence-corrected chi connectivity index (χ0v) is 11.6. The van der Waals surface area contributed by atoms with Gasteiger partial charge in [-0.2, -0.15) is 0 Å². The number of aromatic nitrogens is 1. The van der Waals surface area contributed by atoms with E-state index in [9.17, 15) is 4.79 Å². The number of carbonyl (C=O) groups excluding carboxylic acids is 1. The fraction of sp³-hybridized carbons (Fsp3) is 0.625. The van der Waals surface area contributed by atoms with Gasteiger partial charge in [-0.1, -0.05) is 13.3 Å². The number of piperidine rings is 1. The van der Waals surface area contributed by atoms with Crippen LogP contribution in [0.15, 0.2) is 18.3 Å². The molecule has 1 aliphatic carbocycles. The first kappa shape index (κ1) is 12.6. The van der Waals surface area contributed by atoms with Crippen molar-refractivity contribution in [1.29, 1.82) is 0 Å². The molecule has 0 spiro atoms. The first-order chi connectivity index (χ1) is 9.26. The van der Waals surface area contributed by atoms with Crippen LogP contribution in [-0.4, -0.2) is 28.9 Å². The third-order valence-electron chi connectivity index (χ3n) is 4.56. The van der Waals surface area contributed by atoms with Crippen LogP contribution in [0.3, 0.4) is 0 Å². The molecular formula is C16H22N2O. The molecule has 2 fully saturated rings. The van der Waals surface area contributed by atoms with Crippen LogP contribution in [0.1, 0.15) is 48.7 Å². The van der Waals surface area contributed by atoms with Crippen LogP contribution in [0, 0.1) is 11.8 Å². The van der Waals surface area contributed by atoms with Gasteiger partial charge in [0.2, 0.25) is 0 Å². The maximum Gasteiger partial charge on any atom is 0.253 e. The van der Waals surface area contributed by atoms with Crippen molar-refractivity contribution in [1.82, 2.24) is 9.88 Å². The van der Waals surface area contributed by atoms with Gasteiger partial charge in [0.25, 0.3) is 5.91 Å². The van der Waals surface area contributed by atoms with Gasteiger partial charge in [-0.25, -0.2) is 0 Å². The summed E-state index contributed by atoms with van der Waals surface area (Å²) in [6.07, 6.45) is 7.93. The monoisotopic (exact) mass is 258 g/mol. The van der Waals surface area contributed by atoms with Crippen molar-refractivity contribution in [3.63, 3.8) is 0 Å². The molecule has 3 heteroatoms. The van der Waals surface area contributed by atoms with Crippen molar-refractivity contribution in [3.8, 4) is 0 Å². The van der Waals surface area contributed by atoms with Gasteiger partial charge >= 0.3 is 0 Å². The van der Waals surface area contributed by atoms with Gasteiger partial charge in [0.1, 0.15) is 0 Å². The highest BCUT2D eigenvalue weighted by Crippen LogP contribution is 2.34. The summed E-state index contributed by atoms with van der Waals surface area (Å²) in [7, 11) is 0. The third kappa shape index (κ3) is 2.65. The van der Waals surface area contributed by atoms with Crippen molar-refractivity contribution in [2.45, 2.75) is 39.0 Å². The molecule has 1 aliphatic heterocycles. The van der Waals surface area contributed by atoms with Gasteiger partial charge in [-0.3, -0.25) is 9.78 Å². The Morgan fingerprint density at radius 1 is 1.37 bits per heavy atom. The molecule has 1 saturated carbocycles. The van der Waals surface area contributed by atoms with Gasteiger partial charge in [0.05, 0.1) is 0 Å². The summed E-state index contributed by atoms with van der Waals surface area (Å²) in [5, 5.41) is 0. The number of nitrogens with zero attached hydrogens (tertiary/aromatic N) is 2. The van der Waals surface area contributed by atoms with E-state index in [1.807, 2.05) is 12.1 Å². The van der Waals surface area contributed by atoms with Crippen LogP contribution >= 0.6 is 0 Å². The molecule has 0 unspecified atom stereocenters. The Bertz CT molecular complexity index is 460. The molecular weight excluding hydrogens is 236 g/mol. The second-order valence-electron chi connectivity index (χ2n) is 6.00. The molecule has 1 amide bonds. The molecule has 2 aliphatic rings. The Kier molecular flexibility index (Phi) is 3.54. The zero-order chi connectivity index (χ0) is 13.2. The minimum atomic E-state index is 0.203. The molecule has 3 nitrogen and oxygen atoms in total. The second-order valence-corrected chi connectivity index (χ2v) is 6.00. The van der Waals surface area contributed by atoms with Crippen LogP contribution in [0.4, 0.5) is 0 Å². The maximum atomic E-state index is 12.6. The van der Waals surface area contributed by atoms with E-state index in [-0.39, 0.29) is 5.91 Å². The third-order valence-corrected chi connectivity index (χ3v) is 4.56. The average molecular weight is 258 g/mol. The largest absolute Gasteiger partial charge is 0.338 e. The summed E-state index contributed by atoms with van der Waals surface area (Å²) < 4.78 is 0. The molecule has 0 aromatic carbocycles. The molecule has 2 bridgehead atoms. The van der Waals surface area contributed by atoms with Gasteiger partial charge in [-0.05, 0) is 49.7 Å². The van der Waals surface area contributed by atoms with E-state index in [2.05, 4.69) is 16.8 Å². The van der Waals surface area contributed by atoms with Crippen LogP contribution in [0.25, 0.3) is 0 Å². The summed E-state index contributed by atoms with van der Waals surface area (Å²) >= 11 is 0. The van der Waals surface area contributed by atoms with Crippen LogP contribution in [-0.2, 0) is 6.42 Å². The minimum Gasteiger partial charge on any atom is -0.338 e. The number of amides is 1. The van der Waals surface area contributed by atoms with E-state index in [4.69, 9.17) is 0 Å². The van der Waals surface area contributed by atoms with E-state index in [0.29, 0.717) is 0 Å². The number of pyridine rings is 1. The predicted molar refractivity (Wildman–Crippen MR) is 75.0 cm³/mol. The minimum absolute atomic E-state index is 0.203. The Morgan fingerprint density at radius 2 is 2.11 bits per heavy atom. The standard InChI is InChI=1S/C16H22N2O/c1-2-15-9-14(6-7-17-15)16(19)18-10-12-4-3-5-13(8-12)11-18/h6-7,9,12-13H,2-5,8,10-11H2,1H3/t12-,13-/m1/s1. The first-order valence-corrected chi connectivity index (χ1v) is 7.50. The molecule has 0 radical (unpaired) electrons. The molecule has 1 aromatic rings. The Morgan fingerprint density at radius 3 is 2.79 bits per heavy atom. The fourth-order valence-corrected chi connectivity index (χ4v) is 3.58. The normalized spacial score (nSPS) is 26.3. The fourth-order valence-electron chi connectivity index (χ4n) is 3.58. The lowest BCUT2D eigenvalue weighted by Crippen LogP contribution is -2.45. The summed E-state index contributed by atoms with van der Waals surface area (Å²) in [6, 6.07) is 3.80. The van der Waals surface area contributed by atoms with E-state index in [1.54, 1.807) is 6.20 Å². The number of fused-ring (bicyclic) bond motifs is 2. The summed E-state index contributed by atoms with van der Waals surface area (Å²) in [4.78, 5) is 18.9. The van der Waals surface area contributed by atoms with Crippen LogP contribution < -0.4 is 0 Å². The number of hydrogen-bond donors (Lipinski definition) is 0. The van der Waals surface area contributed by atoms with Gasteiger partial charge in [-0.15, -0.1) is 0 Å². The lowest BCUT2D eigenvalue weighted by molar-refractivity contribution is 0.0504. The van der Waals surface area contributed by atoms with E-state index >= 15 is 0 Å². The Labute approximate surface area is 115 Å². The summed E-state index contributed by atoms with van der Waals surface area (Å²) in [6.45, 7) is 3.99. The SMILES string of the molecule is CCc1cc(C(=O)N2C[C@@H]3CCC[C@H](C3)C2)ccn1. The Hall–Kier alpha value is -1.38. The number of hydrogen-bond acceptors (Lipinski definition) is 2. The summed E-state index contributed by atoms with van der Waals surface area (Å²) in [5.41, 5.74) is 1.81. The van der Waals surface area contributed by atoms with Crippen molar-refractivity contribution in [3.05, 3.63) is 29.6 Å². The quantitative estimate of drug-likeness (QED) is 0.817. The second kappa shape index (κ2) is 5.32. The topological polar surface area (TPSA) is 33.2 Å². The highest BCUT2D eigenvalue weighted by Gasteiger charge is 2.32. The molecule has 2 heterocycles. The highest BCUT2D eigenvalue weighted by atomic mass is 16.2. The van der Waals surface area contributed by atoms with Gasteiger partial charge in [0.15, 0.2) is 0 Å². The van der Waals surface area contributed by atoms with E-state index in [0.717, 1.165) is 42.6 Å². The van der Waals surface area contributed by atoms with Crippen molar-refractivity contribution in [2.24, 2.45) is 11.8 Å². The number of likely N-dealkylation sites (tertiary alicyclic amines) is 1. The lowest BCUT2D eigenvalue weighted by atomic mass is 9.78. The summed E-state index contributed by atoms with van der Waals surface area (Å²) in [5.74, 6) is 1.68. The molecule has 0 N–H and O–H groups in total. The molecule has 102 valence electrons. The maximum absolute atomic E-state index is 12.6. The van der Waals surface area contributed by atoms with Gasteiger partial charge in [0, 0.05) is 30.5 Å². The molecule has 1 aromatic heterocycles. The molecule has 1 saturated heterocycles. The molecule has 2 atom stereocenters. The van der Waals surface area contributed by atoms with Crippen molar-refractivity contribution < 1.29 is 4.79 Å².